The lowest BCUT2D eigenvalue weighted by Gasteiger charge is -2.41. The zero-order valence-electron chi connectivity index (χ0n) is 22.7. The van der Waals surface area contributed by atoms with Crippen molar-refractivity contribution in [1.29, 1.82) is 0 Å². The van der Waals surface area contributed by atoms with Crippen molar-refractivity contribution in [1.82, 2.24) is 0 Å². The zero-order valence-corrected chi connectivity index (χ0v) is 22.7. The lowest BCUT2D eigenvalue weighted by molar-refractivity contribution is 0.108. The van der Waals surface area contributed by atoms with Gasteiger partial charge in [0.05, 0.1) is 13.3 Å². The van der Waals surface area contributed by atoms with Crippen LogP contribution in [0.25, 0.3) is 0 Å². The third kappa shape index (κ3) is 8.22. The van der Waals surface area contributed by atoms with Crippen molar-refractivity contribution >= 4 is 0 Å². The Kier molecular flexibility index (Phi) is 11.3. The van der Waals surface area contributed by atoms with Gasteiger partial charge >= 0.3 is 0 Å². The molecule has 3 saturated carbocycles. The average molecular weight is 485 g/mol. The van der Waals surface area contributed by atoms with Crippen LogP contribution in [0.4, 0.5) is 4.39 Å². The molecule has 3 aliphatic carbocycles. The number of hydrogen-bond acceptors (Lipinski definition) is 1. The van der Waals surface area contributed by atoms with Crippen molar-refractivity contribution in [2.24, 2.45) is 29.6 Å². The largest absolute Gasteiger partial charge is 0.494 e. The summed E-state index contributed by atoms with van der Waals surface area (Å²) in [5.74, 6) is 6.71. The second kappa shape index (κ2) is 14.6. The predicted octanol–water partition coefficient (Wildman–Crippen LogP) is 10.3. The molecule has 3 aliphatic rings. The first-order valence-corrected chi connectivity index (χ1v) is 15.6. The summed E-state index contributed by atoms with van der Waals surface area (Å²) < 4.78 is 18.3. The molecular weight excluding hydrogens is 431 g/mol. The van der Waals surface area contributed by atoms with Crippen LogP contribution in [0.1, 0.15) is 134 Å². The second-order valence-corrected chi connectivity index (χ2v) is 12.4. The van der Waals surface area contributed by atoms with Crippen molar-refractivity contribution < 1.29 is 9.13 Å². The molecule has 0 spiro atoms. The first kappa shape index (κ1) is 27.0. The van der Waals surface area contributed by atoms with Gasteiger partial charge in [-0.3, -0.25) is 4.39 Å². The lowest BCUT2D eigenvalue weighted by atomic mass is 9.64. The number of halogens is 1. The molecule has 0 amide bonds. The van der Waals surface area contributed by atoms with Crippen molar-refractivity contribution in [3.05, 3.63) is 29.8 Å². The maximum atomic E-state index is 12.4. The van der Waals surface area contributed by atoms with E-state index in [0.29, 0.717) is 0 Å². The molecule has 0 N–H and O–H groups in total. The van der Waals surface area contributed by atoms with E-state index >= 15 is 0 Å². The molecule has 198 valence electrons. The van der Waals surface area contributed by atoms with Gasteiger partial charge in [0, 0.05) is 0 Å². The Labute approximate surface area is 216 Å². The average Bonchev–Trinajstić information content (AvgIpc) is 2.92. The van der Waals surface area contributed by atoms with Crippen molar-refractivity contribution in [3.8, 4) is 5.75 Å². The van der Waals surface area contributed by atoms with Crippen molar-refractivity contribution in [2.45, 2.75) is 128 Å². The number of hydrogen-bond donors (Lipinski definition) is 0. The number of rotatable bonds is 12. The topological polar surface area (TPSA) is 9.23 Å². The maximum Gasteiger partial charge on any atom is 0.119 e. The van der Waals surface area contributed by atoms with Crippen molar-refractivity contribution in [3.63, 3.8) is 0 Å². The first-order valence-electron chi connectivity index (χ1n) is 15.6. The van der Waals surface area contributed by atoms with Gasteiger partial charge in [0.2, 0.25) is 0 Å². The third-order valence-electron chi connectivity index (χ3n) is 10.2. The van der Waals surface area contributed by atoms with Gasteiger partial charge in [0.25, 0.3) is 0 Å². The quantitative estimate of drug-likeness (QED) is 0.268. The van der Waals surface area contributed by atoms with Crippen LogP contribution in [0, 0.1) is 29.6 Å². The standard InChI is InChI=1S/C33H53FO/c1-2-3-6-25-35-33-22-20-32(21-23-33)31-18-16-30(17-19-31)29-14-12-28(13-15-29)27-10-8-26(9-11-27)7-4-5-24-34/h20-23,26-31H,2-19,24-25H2,1H3/t26-,27-,28?,29?,30?,31?. The molecule has 0 unspecified atom stereocenters. The van der Waals surface area contributed by atoms with E-state index < -0.39 is 0 Å². The molecule has 0 bridgehead atoms. The Bertz CT molecular complexity index is 676. The Morgan fingerprint density at radius 2 is 1.20 bits per heavy atom. The predicted molar refractivity (Wildman–Crippen MR) is 147 cm³/mol. The lowest BCUT2D eigenvalue weighted by Crippen LogP contribution is -2.29. The van der Waals surface area contributed by atoms with E-state index in [-0.39, 0.29) is 6.67 Å². The molecule has 1 aromatic rings. The smallest absolute Gasteiger partial charge is 0.119 e. The van der Waals surface area contributed by atoms with Crippen LogP contribution < -0.4 is 4.74 Å². The molecule has 35 heavy (non-hydrogen) atoms. The molecule has 0 saturated heterocycles. The number of benzene rings is 1. The van der Waals surface area contributed by atoms with Crippen LogP contribution in [-0.4, -0.2) is 13.3 Å². The minimum absolute atomic E-state index is 0.123. The van der Waals surface area contributed by atoms with E-state index in [1.807, 2.05) is 0 Å². The molecule has 1 aromatic carbocycles. The fraction of sp³-hybridized carbons (Fsp3) is 0.818. The minimum atomic E-state index is -0.123. The highest BCUT2D eigenvalue weighted by Crippen LogP contribution is 2.47. The Balaban J connectivity index is 1.12. The number of alkyl halides is 1. The summed E-state index contributed by atoms with van der Waals surface area (Å²) in [5, 5.41) is 0. The number of ether oxygens (including phenoxy) is 1. The second-order valence-electron chi connectivity index (χ2n) is 12.4. The molecule has 0 aliphatic heterocycles. The van der Waals surface area contributed by atoms with Crippen LogP contribution in [0.2, 0.25) is 0 Å². The zero-order chi connectivity index (χ0) is 24.3. The van der Waals surface area contributed by atoms with Gasteiger partial charge in [-0.05, 0) is 130 Å². The molecule has 1 nitrogen and oxygen atoms in total. The Hall–Kier alpha value is -1.05. The minimum Gasteiger partial charge on any atom is -0.494 e. The van der Waals surface area contributed by atoms with Gasteiger partial charge in [-0.1, -0.05) is 57.6 Å². The van der Waals surface area contributed by atoms with Crippen LogP contribution in [0.3, 0.4) is 0 Å². The SMILES string of the molecule is CCCCCOc1ccc(C2CCC(C3CCC([C@H]4CC[C@H](CCCCF)CC4)CC3)CC2)cc1. The van der Waals surface area contributed by atoms with Gasteiger partial charge in [-0.2, -0.15) is 0 Å². The molecule has 0 atom stereocenters. The highest BCUT2D eigenvalue weighted by molar-refractivity contribution is 5.29. The van der Waals surface area contributed by atoms with Crippen LogP contribution in [0.5, 0.6) is 5.75 Å². The third-order valence-corrected chi connectivity index (χ3v) is 10.2. The molecule has 3 fully saturated rings. The Morgan fingerprint density at radius 1 is 0.657 bits per heavy atom. The monoisotopic (exact) mass is 484 g/mol. The summed E-state index contributed by atoms with van der Waals surface area (Å²) >= 11 is 0. The molecule has 4 rings (SSSR count). The van der Waals surface area contributed by atoms with Crippen LogP contribution in [-0.2, 0) is 0 Å². The summed E-state index contributed by atoms with van der Waals surface area (Å²) in [6.45, 7) is 2.97. The Morgan fingerprint density at radius 3 is 1.74 bits per heavy atom. The fourth-order valence-electron chi connectivity index (χ4n) is 7.87. The van der Waals surface area contributed by atoms with E-state index in [0.717, 1.165) is 67.1 Å². The van der Waals surface area contributed by atoms with E-state index in [9.17, 15) is 4.39 Å². The van der Waals surface area contributed by atoms with Crippen molar-refractivity contribution in [2.75, 3.05) is 13.3 Å². The summed E-state index contributed by atoms with van der Waals surface area (Å²) in [5.41, 5.74) is 1.54. The summed E-state index contributed by atoms with van der Waals surface area (Å²) in [7, 11) is 0. The van der Waals surface area contributed by atoms with Gasteiger partial charge in [-0.25, -0.2) is 0 Å². The number of unbranched alkanes of at least 4 members (excludes halogenated alkanes) is 3. The summed E-state index contributed by atoms with van der Waals surface area (Å²) in [6, 6.07) is 9.07. The van der Waals surface area contributed by atoms with Gasteiger partial charge < -0.3 is 4.74 Å². The molecule has 2 heteroatoms. The summed E-state index contributed by atoms with van der Waals surface area (Å²) in [4.78, 5) is 0. The summed E-state index contributed by atoms with van der Waals surface area (Å²) in [6.07, 6.45) is 24.3. The van der Waals surface area contributed by atoms with Gasteiger partial charge in [-0.15, -0.1) is 0 Å². The van der Waals surface area contributed by atoms with Gasteiger partial charge in [0.1, 0.15) is 5.75 Å². The van der Waals surface area contributed by atoms with Crippen LogP contribution >= 0.6 is 0 Å². The van der Waals surface area contributed by atoms with Gasteiger partial charge in [0.15, 0.2) is 0 Å². The fourth-order valence-corrected chi connectivity index (χ4v) is 7.87. The normalized spacial score (nSPS) is 31.8. The molecule has 0 heterocycles. The highest BCUT2D eigenvalue weighted by atomic mass is 19.1. The van der Waals surface area contributed by atoms with E-state index in [2.05, 4.69) is 31.2 Å². The van der Waals surface area contributed by atoms with E-state index in [4.69, 9.17) is 4.74 Å². The van der Waals surface area contributed by atoms with E-state index in [1.54, 1.807) is 0 Å². The molecular formula is C33H53FO. The highest BCUT2D eigenvalue weighted by Gasteiger charge is 2.34. The first-order chi connectivity index (χ1) is 17.3. The molecule has 0 aromatic heterocycles. The molecule has 0 radical (unpaired) electrons. The maximum absolute atomic E-state index is 12.4. The van der Waals surface area contributed by atoms with E-state index in [1.165, 1.54) is 102 Å². The van der Waals surface area contributed by atoms with Crippen LogP contribution in [0.15, 0.2) is 24.3 Å².